The van der Waals surface area contributed by atoms with Gasteiger partial charge in [-0.1, -0.05) is 13.8 Å². The topological polar surface area (TPSA) is 32.3 Å². The van der Waals surface area contributed by atoms with Crippen LogP contribution in [0, 0.1) is 0 Å². The predicted molar refractivity (Wildman–Crippen MR) is 57.8 cm³/mol. The van der Waals surface area contributed by atoms with Crippen molar-refractivity contribution < 1.29 is 4.79 Å². The van der Waals surface area contributed by atoms with Crippen LogP contribution in [0.4, 0.5) is 0 Å². The van der Waals surface area contributed by atoms with Crippen LogP contribution in [0.2, 0.25) is 0 Å². The Labute approximate surface area is 82.5 Å². The molecule has 1 N–H and O–H groups in total. The Hall–Kier alpha value is -0.570. The molecule has 0 aliphatic carbocycles. The first-order chi connectivity index (χ1) is 6.06. The summed E-state index contributed by atoms with van der Waals surface area (Å²) in [4.78, 5) is 11.6. The van der Waals surface area contributed by atoms with E-state index in [1.54, 1.807) is 14.1 Å². The van der Waals surface area contributed by atoms with Crippen LogP contribution in [-0.4, -0.2) is 38.0 Å². The van der Waals surface area contributed by atoms with Crippen molar-refractivity contribution in [3.8, 4) is 0 Å². The summed E-state index contributed by atoms with van der Waals surface area (Å²) in [6, 6.07) is 0. The van der Waals surface area contributed by atoms with Crippen molar-refractivity contribution in [1.29, 1.82) is 0 Å². The average Bonchev–Trinajstić information content (AvgIpc) is 2.06. The fraction of sp³-hybridized carbons (Fsp3) is 0.900. The Bertz CT molecular complexity index is 109. The molecule has 3 nitrogen and oxygen atoms in total. The molecule has 3 heteroatoms. The SMILES string of the molecule is CC(=O)N(C)C.CCCNCCC. The largest absolute Gasteiger partial charge is 0.349 e. The van der Waals surface area contributed by atoms with Gasteiger partial charge in [0, 0.05) is 21.0 Å². The highest BCUT2D eigenvalue weighted by molar-refractivity contribution is 5.72. The maximum absolute atomic E-state index is 10.1. The molecule has 0 aliphatic rings. The number of carbonyl (C=O) groups excluding carboxylic acids is 1. The van der Waals surface area contributed by atoms with E-state index in [0.29, 0.717) is 0 Å². The van der Waals surface area contributed by atoms with Crippen molar-refractivity contribution in [2.24, 2.45) is 0 Å². The van der Waals surface area contributed by atoms with Crippen molar-refractivity contribution in [2.75, 3.05) is 27.2 Å². The summed E-state index contributed by atoms with van der Waals surface area (Å²) in [6.45, 7) is 8.24. The molecule has 0 saturated heterocycles. The van der Waals surface area contributed by atoms with Crippen LogP contribution >= 0.6 is 0 Å². The molecule has 0 radical (unpaired) electrons. The molecule has 0 atom stereocenters. The van der Waals surface area contributed by atoms with E-state index in [4.69, 9.17) is 0 Å². The quantitative estimate of drug-likeness (QED) is 0.678. The van der Waals surface area contributed by atoms with Crippen molar-refractivity contribution >= 4 is 5.91 Å². The van der Waals surface area contributed by atoms with E-state index in [1.165, 1.54) is 37.8 Å². The number of nitrogens with one attached hydrogen (secondary N) is 1. The van der Waals surface area contributed by atoms with Crippen LogP contribution in [0.15, 0.2) is 0 Å². The maximum Gasteiger partial charge on any atom is 0.218 e. The Balaban J connectivity index is 0. The third kappa shape index (κ3) is 18.4. The van der Waals surface area contributed by atoms with Gasteiger partial charge >= 0.3 is 0 Å². The number of carbonyl (C=O) groups is 1. The third-order valence-electron chi connectivity index (χ3n) is 1.48. The van der Waals surface area contributed by atoms with Gasteiger partial charge in [-0.15, -0.1) is 0 Å². The smallest absolute Gasteiger partial charge is 0.218 e. The van der Waals surface area contributed by atoms with Gasteiger partial charge in [0.1, 0.15) is 0 Å². The molecule has 0 aliphatic heterocycles. The fourth-order valence-electron chi connectivity index (χ4n) is 0.479. The molecule has 13 heavy (non-hydrogen) atoms. The molecule has 1 amide bonds. The molecular weight excluding hydrogens is 164 g/mol. The zero-order chi connectivity index (χ0) is 10.7. The lowest BCUT2D eigenvalue weighted by Crippen LogP contribution is -2.17. The van der Waals surface area contributed by atoms with E-state index in [1.807, 2.05) is 0 Å². The van der Waals surface area contributed by atoms with Gasteiger partial charge in [0.25, 0.3) is 0 Å². The normalized spacial score (nSPS) is 8.69. The van der Waals surface area contributed by atoms with Gasteiger partial charge in [-0.25, -0.2) is 0 Å². The van der Waals surface area contributed by atoms with E-state index in [-0.39, 0.29) is 5.91 Å². The standard InChI is InChI=1S/C6H15N.C4H9NO/c1-3-5-7-6-4-2;1-4(6)5(2)3/h7H,3-6H2,1-2H3;1-3H3. The lowest BCUT2D eigenvalue weighted by atomic mass is 10.4. The number of rotatable bonds is 4. The van der Waals surface area contributed by atoms with Crippen molar-refractivity contribution in [3.63, 3.8) is 0 Å². The third-order valence-corrected chi connectivity index (χ3v) is 1.48. The summed E-state index contributed by atoms with van der Waals surface area (Å²) < 4.78 is 0. The fourth-order valence-corrected chi connectivity index (χ4v) is 0.479. The van der Waals surface area contributed by atoms with Crippen molar-refractivity contribution in [3.05, 3.63) is 0 Å². The van der Waals surface area contributed by atoms with E-state index >= 15 is 0 Å². The van der Waals surface area contributed by atoms with Gasteiger partial charge in [-0.2, -0.15) is 0 Å². The molecule has 0 aromatic rings. The molecule has 0 unspecified atom stereocenters. The van der Waals surface area contributed by atoms with E-state index in [0.717, 1.165) is 0 Å². The highest BCUT2D eigenvalue weighted by Crippen LogP contribution is 1.71. The lowest BCUT2D eigenvalue weighted by molar-refractivity contribution is -0.126. The van der Waals surface area contributed by atoms with Crippen molar-refractivity contribution in [2.45, 2.75) is 33.6 Å². The molecule has 80 valence electrons. The van der Waals surface area contributed by atoms with Crippen LogP contribution in [0.5, 0.6) is 0 Å². The lowest BCUT2D eigenvalue weighted by Gasteiger charge is -2.02. The summed E-state index contributed by atoms with van der Waals surface area (Å²) >= 11 is 0. The summed E-state index contributed by atoms with van der Waals surface area (Å²) in [6.07, 6.45) is 2.50. The van der Waals surface area contributed by atoms with Crippen LogP contribution < -0.4 is 5.32 Å². The van der Waals surface area contributed by atoms with E-state index in [2.05, 4.69) is 19.2 Å². The molecule has 0 heterocycles. The second-order valence-corrected chi connectivity index (χ2v) is 3.16. The van der Waals surface area contributed by atoms with Crippen LogP contribution in [0.25, 0.3) is 0 Å². The first kappa shape index (κ1) is 14.9. The van der Waals surface area contributed by atoms with Gasteiger partial charge in [0.2, 0.25) is 5.91 Å². The molecule has 0 saturated carbocycles. The summed E-state index contributed by atoms with van der Waals surface area (Å²) in [5.74, 6) is 0.0926. The molecule has 0 aromatic heterocycles. The first-order valence-corrected chi connectivity index (χ1v) is 4.94. The maximum atomic E-state index is 10.1. The monoisotopic (exact) mass is 188 g/mol. The minimum absolute atomic E-state index is 0.0926. The minimum Gasteiger partial charge on any atom is -0.349 e. The number of nitrogens with zero attached hydrogens (tertiary/aromatic N) is 1. The number of amides is 1. The Morgan fingerprint density at radius 3 is 1.62 bits per heavy atom. The van der Waals surface area contributed by atoms with Gasteiger partial charge in [-0.3, -0.25) is 4.79 Å². The molecule has 0 fully saturated rings. The molecule has 0 spiro atoms. The van der Waals surface area contributed by atoms with Crippen LogP contribution in [0.3, 0.4) is 0 Å². The number of hydrogen-bond acceptors (Lipinski definition) is 2. The first-order valence-electron chi connectivity index (χ1n) is 4.94. The van der Waals surface area contributed by atoms with Crippen LogP contribution in [-0.2, 0) is 4.79 Å². The van der Waals surface area contributed by atoms with Gasteiger partial charge in [0.05, 0.1) is 0 Å². The molecule has 0 rings (SSSR count). The summed E-state index contributed by atoms with van der Waals surface area (Å²) in [7, 11) is 3.45. The average molecular weight is 188 g/mol. The molecular formula is C10H24N2O. The molecule has 0 aromatic carbocycles. The summed E-state index contributed by atoms with van der Waals surface area (Å²) in [5, 5.41) is 3.28. The van der Waals surface area contributed by atoms with Crippen molar-refractivity contribution in [1.82, 2.24) is 10.2 Å². The molecule has 0 bridgehead atoms. The highest BCUT2D eigenvalue weighted by atomic mass is 16.2. The van der Waals surface area contributed by atoms with Crippen LogP contribution in [0.1, 0.15) is 33.6 Å². The van der Waals surface area contributed by atoms with Gasteiger partial charge in [0.15, 0.2) is 0 Å². The van der Waals surface area contributed by atoms with Gasteiger partial charge < -0.3 is 10.2 Å². The second kappa shape index (κ2) is 11.4. The zero-order valence-electron chi connectivity index (χ0n) is 9.68. The predicted octanol–water partition coefficient (Wildman–Crippen LogP) is 1.49. The van der Waals surface area contributed by atoms with Gasteiger partial charge in [-0.05, 0) is 25.9 Å². The highest BCUT2D eigenvalue weighted by Gasteiger charge is 1.87. The Kier molecular flexibility index (Phi) is 13.1. The van der Waals surface area contributed by atoms with E-state index in [9.17, 15) is 4.79 Å². The summed E-state index contributed by atoms with van der Waals surface area (Å²) in [5.41, 5.74) is 0. The zero-order valence-corrected chi connectivity index (χ0v) is 9.68. The minimum atomic E-state index is 0.0926. The Morgan fingerprint density at radius 1 is 1.15 bits per heavy atom. The second-order valence-electron chi connectivity index (χ2n) is 3.16. The Morgan fingerprint density at radius 2 is 1.46 bits per heavy atom. The van der Waals surface area contributed by atoms with E-state index < -0.39 is 0 Å². The number of hydrogen-bond donors (Lipinski definition) is 1.